The maximum atomic E-state index is 13.1. The van der Waals surface area contributed by atoms with Gasteiger partial charge in [-0.1, -0.05) is 6.42 Å². The molecule has 2 atom stereocenters. The van der Waals surface area contributed by atoms with Crippen LogP contribution in [-0.4, -0.2) is 50.0 Å². The standard InChI is InChI=1S/C15H27F3N2O/c1-20(10-12-4-7-21-8-5-12)14(11-19)6-2-3-13(9-14)15(16,17)18/h12-13H,2-11,19H2,1H3. The lowest BCUT2D eigenvalue weighted by atomic mass is 9.74. The molecule has 0 aromatic carbocycles. The molecular weight excluding hydrogens is 281 g/mol. The molecule has 2 unspecified atom stereocenters. The summed E-state index contributed by atoms with van der Waals surface area (Å²) in [5, 5.41) is 0. The largest absolute Gasteiger partial charge is 0.391 e. The average Bonchev–Trinajstić information content (AvgIpc) is 2.47. The van der Waals surface area contributed by atoms with E-state index in [9.17, 15) is 13.2 Å². The molecule has 1 aliphatic carbocycles. The number of halogens is 3. The molecule has 2 aliphatic rings. The van der Waals surface area contributed by atoms with Gasteiger partial charge in [0.25, 0.3) is 0 Å². The summed E-state index contributed by atoms with van der Waals surface area (Å²) in [5.74, 6) is -0.689. The van der Waals surface area contributed by atoms with E-state index < -0.39 is 17.6 Å². The van der Waals surface area contributed by atoms with E-state index in [1.807, 2.05) is 7.05 Å². The zero-order valence-corrected chi connectivity index (χ0v) is 12.8. The van der Waals surface area contributed by atoms with Gasteiger partial charge in [0.15, 0.2) is 0 Å². The van der Waals surface area contributed by atoms with Crippen molar-refractivity contribution < 1.29 is 17.9 Å². The van der Waals surface area contributed by atoms with Crippen LogP contribution in [0.15, 0.2) is 0 Å². The van der Waals surface area contributed by atoms with Gasteiger partial charge in [-0.15, -0.1) is 0 Å². The molecule has 2 N–H and O–H groups in total. The Morgan fingerprint density at radius 3 is 2.48 bits per heavy atom. The topological polar surface area (TPSA) is 38.5 Å². The Bertz CT molecular complexity index is 331. The van der Waals surface area contributed by atoms with Crippen molar-refractivity contribution in [3.63, 3.8) is 0 Å². The SMILES string of the molecule is CN(CC1CCOCC1)C1(CN)CCCC(C(F)(F)F)C1. The molecule has 0 bridgehead atoms. The maximum Gasteiger partial charge on any atom is 0.391 e. The number of likely N-dealkylation sites (N-methyl/N-ethyl adjacent to an activating group) is 1. The van der Waals surface area contributed by atoms with Crippen LogP contribution >= 0.6 is 0 Å². The third kappa shape index (κ3) is 4.11. The minimum absolute atomic E-state index is 0.146. The van der Waals surface area contributed by atoms with Gasteiger partial charge in [-0.25, -0.2) is 0 Å². The molecule has 1 aliphatic heterocycles. The second-order valence-electron chi connectivity index (χ2n) is 6.70. The molecule has 0 spiro atoms. The number of hydrogen-bond donors (Lipinski definition) is 1. The lowest BCUT2D eigenvalue weighted by Crippen LogP contribution is -2.57. The number of nitrogens with zero attached hydrogens (tertiary/aromatic N) is 1. The molecule has 2 rings (SSSR count). The van der Waals surface area contributed by atoms with Gasteiger partial charge in [0.05, 0.1) is 5.92 Å². The first-order chi connectivity index (χ1) is 9.87. The van der Waals surface area contributed by atoms with Crippen LogP contribution in [0.5, 0.6) is 0 Å². The van der Waals surface area contributed by atoms with E-state index >= 15 is 0 Å². The van der Waals surface area contributed by atoms with Gasteiger partial charge >= 0.3 is 6.18 Å². The normalized spacial score (nSPS) is 32.6. The quantitative estimate of drug-likeness (QED) is 0.868. The highest BCUT2D eigenvalue weighted by molar-refractivity contribution is 4.97. The number of hydrogen-bond acceptors (Lipinski definition) is 3. The highest BCUT2D eigenvalue weighted by atomic mass is 19.4. The predicted molar refractivity (Wildman–Crippen MR) is 76.0 cm³/mol. The highest BCUT2D eigenvalue weighted by Gasteiger charge is 2.48. The Hall–Kier alpha value is -0.330. The Morgan fingerprint density at radius 2 is 1.90 bits per heavy atom. The second kappa shape index (κ2) is 6.84. The molecule has 1 saturated carbocycles. The molecule has 0 aromatic rings. The van der Waals surface area contributed by atoms with Crippen molar-refractivity contribution in [2.24, 2.45) is 17.6 Å². The van der Waals surface area contributed by atoms with Crippen LogP contribution in [0.1, 0.15) is 38.5 Å². The van der Waals surface area contributed by atoms with Crippen LogP contribution in [0, 0.1) is 11.8 Å². The molecule has 2 fully saturated rings. The fourth-order valence-corrected chi connectivity index (χ4v) is 3.82. The zero-order chi connectivity index (χ0) is 15.5. The van der Waals surface area contributed by atoms with Crippen LogP contribution < -0.4 is 5.73 Å². The van der Waals surface area contributed by atoms with E-state index in [1.54, 1.807) is 0 Å². The molecule has 0 aromatic heterocycles. The first-order valence-corrected chi connectivity index (χ1v) is 7.93. The third-order valence-electron chi connectivity index (χ3n) is 5.35. The van der Waals surface area contributed by atoms with E-state index in [2.05, 4.69) is 4.90 Å². The average molecular weight is 308 g/mol. The first kappa shape index (κ1) is 17.0. The van der Waals surface area contributed by atoms with Crippen molar-refractivity contribution in [3.8, 4) is 0 Å². The van der Waals surface area contributed by atoms with Crippen LogP contribution in [0.4, 0.5) is 13.2 Å². The summed E-state index contributed by atoms with van der Waals surface area (Å²) in [6, 6.07) is 0. The van der Waals surface area contributed by atoms with Crippen LogP contribution in [0.2, 0.25) is 0 Å². The van der Waals surface area contributed by atoms with Gasteiger partial charge in [0.2, 0.25) is 0 Å². The highest BCUT2D eigenvalue weighted by Crippen LogP contribution is 2.43. The molecule has 0 amide bonds. The molecule has 21 heavy (non-hydrogen) atoms. The van der Waals surface area contributed by atoms with Crippen molar-refractivity contribution in [1.29, 1.82) is 0 Å². The van der Waals surface area contributed by atoms with E-state index in [1.165, 1.54) is 0 Å². The number of alkyl halides is 3. The van der Waals surface area contributed by atoms with Gasteiger partial charge < -0.3 is 10.5 Å². The number of ether oxygens (including phenoxy) is 1. The number of nitrogens with two attached hydrogens (primary N) is 1. The van der Waals surface area contributed by atoms with Crippen molar-refractivity contribution >= 4 is 0 Å². The third-order valence-corrected chi connectivity index (χ3v) is 5.35. The van der Waals surface area contributed by atoms with Crippen molar-refractivity contribution in [1.82, 2.24) is 4.90 Å². The minimum Gasteiger partial charge on any atom is -0.381 e. The van der Waals surface area contributed by atoms with Gasteiger partial charge in [0.1, 0.15) is 0 Å². The van der Waals surface area contributed by atoms with Gasteiger partial charge in [-0.05, 0) is 45.1 Å². The summed E-state index contributed by atoms with van der Waals surface area (Å²) >= 11 is 0. The predicted octanol–water partition coefficient (Wildman–Crippen LogP) is 2.79. The van der Waals surface area contributed by atoms with Crippen molar-refractivity contribution in [3.05, 3.63) is 0 Å². The van der Waals surface area contributed by atoms with E-state index in [-0.39, 0.29) is 12.8 Å². The van der Waals surface area contributed by atoms with Gasteiger partial charge in [-0.3, -0.25) is 4.90 Å². The Balaban J connectivity index is 2.01. The Morgan fingerprint density at radius 1 is 1.24 bits per heavy atom. The van der Waals surface area contributed by atoms with Crippen molar-refractivity contribution in [2.45, 2.75) is 50.2 Å². The lowest BCUT2D eigenvalue weighted by molar-refractivity contribution is -0.193. The molecule has 0 radical (unpaired) electrons. The Kier molecular flexibility index (Phi) is 5.54. The summed E-state index contributed by atoms with van der Waals surface area (Å²) < 4.78 is 44.5. The van der Waals surface area contributed by atoms with E-state index in [4.69, 9.17) is 10.5 Å². The molecular formula is C15H27F3N2O. The summed E-state index contributed by atoms with van der Waals surface area (Å²) in [5.41, 5.74) is 5.43. The van der Waals surface area contributed by atoms with Gasteiger partial charge in [0, 0.05) is 31.8 Å². The van der Waals surface area contributed by atoms with Crippen molar-refractivity contribution in [2.75, 3.05) is 33.4 Å². The zero-order valence-electron chi connectivity index (χ0n) is 12.8. The summed E-state index contributed by atoms with van der Waals surface area (Å²) in [6.07, 6.45) is -0.333. The van der Waals surface area contributed by atoms with Crippen LogP contribution in [0.25, 0.3) is 0 Å². The summed E-state index contributed by atoms with van der Waals surface area (Å²) in [4.78, 5) is 2.11. The van der Waals surface area contributed by atoms with Gasteiger partial charge in [-0.2, -0.15) is 13.2 Å². The molecule has 124 valence electrons. The van der Waals surface area contributed by atoms with E-state index in [0.29, 0.717) is 18.9 Å². The fraction of sp³-hybridized carbons (Fsp3) is 1.00. The minimum atomic E-state index is -4.10. The molecule has 1 saturated heterocycles. The monoisotopic (exact) mass is 308 g/mol. The second-order valence-corrected chi connectivity index (χ2v) is 6.70. The maximum absolute atomic E-state index is 13.1. The molecule has 3 nitrogen and oxygen atoms in total. The first-order valence-electron chi connectivity index (χ1n) is 7.93. The summed E-state index contributed by atoms with van der Waals surface area (Å²) in [6.45, 7) is 2.66. The molecule has 1 heterocycles. The van der Waals surface area contributed by atoms with Crippen LogP contribution in [-0.2, 0) is 4.74 Å². The Labute approximate surface area is 125 Å². The van der Waals surface area contributed by atoms with E-state index in [0.717, 1.165) is 39.0 Å². The molecule has 6 heteroatoms. The lowest BCUT2D eigenvalue weighted by Gasteiger charge is -2.48. The number of rotatable bonds is 4. The summed E-state index contributed by atoms with van der Waals surface area (Å²) in [7, 11) is 1.95. The smallest absolute Gasteiger partial charge is 0.381 e. The van der Waals surface area contributed by atoms with Crippen LogP contribution in [0.3, 0.4) is 0 Å². The fourth-order valence-electron chi connectivity index (χ4n) is 3.82.